The molecule has 5 heteroatoms. The number of aliphatic hydroxyl groups excluding tert-OH is 1. The highest BCUT2D eigenvalue weighted by atomic mass is 32.1. The third kappa shape index (κ3) is 3.69. The van der Waals surface area contributed by atoms with Gasteiger partial charge < -0.3 is 15.0 Å². The number of aliphatic hydroxyl groups is 1. The normalized spacial score (nSPS) is 14.3. The van der Waals surface area contributed by atoms with Crippen LogP contribution >= 0.6 is 11.3 Å². The van der Waals surface area contributed by atoms with Crippen molar-refractivity contribution in [1.82, 2.24) is 14.9 Å². The van der Waals surface area contributed by atoms with Gasteiger partial charge in [0.15, 0.2) is 0 Å². The summed E-state index contributed by atoms with van der Waals surface area (Å²) in [6, 6.07) is 4.15. The van der Waals surface area contributed by atoms with Crippen LogP contribution in [-0.4, -0.2) is 33.3 Å². The molecule has 1 unspecified atom stereocenters. The van der Waals surface area contributed by atoms with Crippen molar-refractivity contribution in [2.24, 2.45) is 0 Å². The fourth-order valence-corrected chi connectivity index (χ4v) is 3.15. The molecule has 0 aliphatic carbocycles. The summed E-state index contributed by atoms with van der Waals surface area (Å²) in [4.78, 5) is 5.64. The number of hydrogen-bond acceptors (Lipinski definition) is 4. The molecule has 0 saturated carbocycles. The lowest BCUT2D eigenvalue weighted by atomic mass is 9.97. The molecule has 0 radical (unpaired) electrons. The van der Waals surface area contributed by atoms with Crippen molar-refractivity contribution in [2.45, 2.75) is 38.8 Å². The molecule has 0 amide bonds. The van der Waals surface area contributed by atoms with E-state index >= 15 is 0 Å². The van der Waals surface area contributed by atoms with Gasteiger partial charge in [-0.2, -0.15) is 0 Å². The molecule has 110 valence electrons. The number of aryl methyl sites for hydroxylation is 1. The van der Waals surface area contributed by atoms with E-state index in [2.05, 4.69) is 40.2 Å². The van der Waals surface area contributed by atoms with E-state index in [0.29, 0.717) is 0 Å². The predicted octanol–water partition coefficient (Wildman–Crippen LogP) is 2.75. The molecule has 0 aliphatic heterocycles. The average Bonchev–Trinajstić information content (AvgIpc) is 3.09. The second-order valence-corrected chi connectivity index (χ2v) is 6.22. The molecule has 0 bridgehead atoms. The Labute approximate surface area is 124 Å². The smallest absolute Gasteiger partial charge is 0.149 e. The molecule has 2 aromatic rings. The lowest BCUT2D eigenvalue weighted by Gasteiger charge is -2.28. The molecular formula is C15H23N3OS. The number of thiophene rings is 1. The van der Waals surface area contributed by atoms with E-state index in [9.17, 15) is 5.11 Å². The first-order valence-electron chi connectivity index (χ1n) is 7.09. The van der Waals surface area contributed by atoms with Crippen molar-refractivity contribution in [3.05, 3.63) is 29.9 Å². The minimum absolute atomic E-state index is 0.169. The third-order valence-corrected chi connectivity index (χ3v) is 4.40. The number of likely N-dealkylation sites (N-methyl/N-ethyl adjacent to an activating group) is 1. The van der Waals surface area contributed by atoms with Gasteiger partial charge in [0.25, 0.3) is 0 Å². The van der Waals surface area contributed by atoms with Crippen molar-refractivity contribution < 1.29 is 5.11 Å². The van der Waals surface area contributed by atoms with Crippen LogP contribution in [0.15, 0.2) is 29.9 Å². The molecule has 20 heavy (non-hydrogen) atoms. The summed E-state index contributed by atoms with van der Waals surface area (Å²) in [6.07, 6.45) is 5.83. The molecule has 4 nitrogen and oxygen atoms in total. The van der Waals surface area contributed by atoms with E-state index in [0.717, 1.165) is 31.8 Å². The summed E-state index contributed by atoms with van der Waals surface area (Å²) in [7, 11) is 0. The Morgan fingerprint density at radius 1 is 1.50 bits per heavy atom. The van der Waals surface area contributed by atoms with Gasteiger partial charge in [0, 0.05) is 24.5 Å². The van der Waals surface area contributed by atoms with Crippen LogP contribution in [-0.2, 0) is 6.54 Å². The van der Waals surface area contributed by atoms with Gasteiger partial charge in [0.05, 0.1) is 11.5 Å². The number of hydrogen-bond donors (Lipinski definition) is 2. The molecule has 1 atom stereocenters. The lowest BCUT2D eigenvalue weighted by molar-refractivity contribution is 0.164. The maximum absolute atomic E-state index is 9.50. The minimum Gasteiger partial charge on any atom is -0.394 e. The van der Waals surface area contributed by atoms with Crippen molar-refractivity contribution in [2.75, 3.05) is 13.2 Å². The van der Waals surface area contributed by atoms with Crippen LogP contribution in [0.3, 0.4) is 0 Å². The molecule has 0 spiro atoms. The van der Waals surface area contributed by atoms with E-state index in [1.54, 1.807) is 11.3 Å². The zero-order valence-electron chi connectivity index (χ0n) is 12.2. The van der Waals surface area contributed by atoms with Crippen LogP contribution in [0.2, 0.25) is 0 Å². The van der Waals surface area contributed by atoms with Gasteiger partial charge in [0.1, 0.15) is 5.82 Å². The second-order valence-electron chi connectivity index (χ2n) is 5.27. The molecule has 0 aliphatic rings. The van der Waals surface area contributed by atoms with Crippen LogP contribution in [0.25, 0.3) is 10.7 Å². The molecule has 2 rings (SSSR count). The van der Waals surface area contributed by atoms with E-state index in [4.69, 9.17) is 0 Å². The van der Waals surface area contributed by atoms with Crippen LogP contribution in [0.4, 0.5) is 0 Å². The van der Waals surface area contributed by atoms with Crippen LogP contribution in [0.5, 0.6) is 0 Å². The van der Waals surface area contributed by atoms with E-state index in [-0.39, 0.29) is 12.1 Å². The van der Waals surface area contributed by atoms with E-state index < -0.39 is 0 Å². The molecular weight excluding hydrogens is 270 g/mol. The Morgan fingerprint density at radius 2 is 2.35 bits per heavy atom. The van der Waals surface area contributed by atoms with Gasteiger partial charge >= 0.3 is 0 Å². The first-order valence-corrected chi connectivity index (χ1v) is 7.97. The summed E-state index contributed by atoms with van der Waals surface area (Å²) < 4.78 is 2.19. The van der Waals surface area contributed by atoms with E-state index in [1.807, 2.05) is 18.5 Å². The zero-order chi connectivity index (χ0) is 14.4. The summed E-state index contributed by atoms with van der Waals surface area (Å²) in [6.45, 7) is 6.11. The predicted molar refractivity (Wildman–Crippen MR) is 83.9 cm³/mol. The Bertz CT molecular complexity index is 509. The summed E-state index contributed by atoms with van der Waals surface area (Å²) >= 11 is 1.71. The van der Waals surface area contributed by atoms with Crippen LogP contribution < -0.4 is 5.32 Å². The quantitative estimate of drug-likeness (QED) is 0.787. The largest absolute Gasteiger partial charge is 0.394 e. The van der Waals surface area contributed by atoms with Gasteiger partial charge in [-0.15, -0.1) is 11.3 Å². The number of nitrogens with one attached hydrogen (secondary N) is 1. The Balaban J connectivity index is 1.94. The Kier molecular flexibility index (Phi) is 5.34. The monoisotopic (exact) mass is 293 g/mol. The summed E-state index contributed by atoms with van der Waals surface area (Å²) in [5.74, 6) is 1.04. The van der Waals surface area contributed by atoms with Crippen LogP contribution in [0, 0.1) is 0 Å². The summed E-state index contributed by atoms with van der Waals surface area (Å²) in [5.41, 5.74) is -0.182. The first-order chi connectivity index (χ1) is 9.68. The number of rotatable bonds is 8. The Morgan fingerprint density at radius 3 is 3.00 bits per heavy atom. The highest BCUT2D eigenvalue weighted by Gasteiger charge is 2.21. The van der Waals surface area contributed by atoms with Crippen LogP contribution in [0.1, 0.15) is 26.7 Å². The van der Waals surface area contributed by atoms with Gasteiger partial charge in [-0.05, 0) is 37.8 Å². The number of imidazole rings is 1. The van der Waals surface area contributed by atoms with Gasteiger partial charge in [-0.25, -0.2) is 4.98 Å². The summed E-state index contributed by atoms with van der Waals surface area (Å²) in [5, 5.41) is 14.9. The lowest BCUT2D eigenvalue weighted by Crippen LogP contribution is -2.45. The second kappa shape index (κ2) is 7.02. The van der Waals surface area contributed by atoms with E-state index in [1.165, 1.54) is 4.88 Å². The topological polar surface area (TPSA) is 50.1 Å². The molecule has 2 N–H and O–H groups in total. The molecule has 0 saturated heterocycles. The standard InChI is InChI=1S/C15H23N3OS/c1-3-17-15(2,12-19)7-5-9-18-10-8-16-14(18)13-6-4-11-20-13/h4,6,8,10-11,17,19H,3,5,7,9,12H2,1-2H3. The highest BCUT2D eigenvalue weighted by Crippen LogP contribution is 2.23. The maximum atomic E-state index is 9.50. The van der Waals surface area contributed by atoms with Crippen molar-refractivity contribution in [1.29, 1.82) is 0 Å². The molecule has 2 heterocycles. The van der Waals surface area contributed by atoms with Gasteiger partial charge in [-0.1, -0.05) is 13.0 Å². The minimum atomic E-state index is -0.182. The fraction of sp³-hybridized carbons (Fsp3) is 0.533. The Hall–Kier alpha value is -1.17. The third-order valence-electron chi connectivity index (χ3n) is 3.54. The molecule has 0 fully saturated rings. The van der Waals surface area contributed by atoms with Crippen molar-refractivity contribution in [3.8, 4) is 10.7 Å². The highest BCUT2D eigenvalue weighted by molar-refractivity contribution is 7.13. The van der Waals surface area contributed by atoms with Crippen molar-refractivity contribution in [3.63, 3.8) is 0 Å². The number of aromatic nitrogens is 2. The maximum Gasteiger partial charge on any atom is 0.149 e. The zero-order valence-corrected chi connectivity index (χ0v) is 13.0. The SMILES string of the molecule is CCNC(C)(CO)CCCn1ccnc1-c1cccs1. The fourth-order valence-electron chi connectivity index (χ4n) is 2.41. The van der Waals surface area contributed by atoms with Gasteiger partial charge in [0.2, 0.25) is 0 Å². The first kappa shape index (κ1) is 15.2. The van der Waals surface area contributed by atoms with Crippen molar-refractivity contribution >= 4 is 11.3 Å². The number of nitrogens with zero attached hydrogens (tertiary/aromatic N) is 2. The van der Waals surface area contributed by atoms with Gasteiger partial charge in [-0.3, -0.25) is 0 Å². The average molecular weight is 293 g/mol. The molecule has 0 aromatic carbocycles. The molecule has 2 aromatic heterocycles.